The predicted molar refractivity (Wildman–Crippen MR) is 107 cm³/mol. The van der Waals surface area contributed by atoms with Gasteiger partial charge in [0, 0.05) is 19.5 Å². The SMILES string of the molecule is NC(N)=NCCCCCC(=O)c1cnc(C(=O)NCCOC2CCCCC2)[nH]1. The van der Waals surface area contributed by atoms with E-state index in [1.807, 2.05) is 0 Å². The van der Waals surface area contributed by atoms with Crippen molar-refractivity contribution >= 4 is 17.6 Å². The number of nitrogens with two attached hydrogens (primary N) is 2. The van der Waals surface area contributed by atoms with E-state index in [0.29, 0.717) is 37.9 Å². The average molecular weight is 393 g/mol. The molecular formula is C19H32N6O3. The number of aliphatic imine (C=N–C) groups is 1. The summed E-state index contributed by atoms with van der Waals surface area (Å²) in [7, 11) is 0. The number of carbonyl (C=O) groups excluding carboxylic acids is 2. The summed E-state index contributed by atoms with van der Waals surface area (Å²) in [6.07, 6.45) is 10.5. The smallest absolute Gasteiger partial charge is 0.287 e. The van der Waals surface area contributed by atoms with Gasteiger partial charge in [0.1, 0.15) is 5.69 Å². The Bertz CT molecular complexity index is 648. The average Bonchev–Trinajstić information content (AvgIpc) is 3.18. The van der Waals surface area contributed by atoms with E-state index in [4.69, 9.17) is 16.2 Å². The Morgan fingerprint density at radius 1 is 1.21 bits per heavy atom. The van der Waals surface area contributed by atoms with Crippen LogP contribution in [0.3, 0.4) is 0 Å². The molecule has 9 heteroatoms. The van der Waals surface area contributed by atoms with Crippen molar-refractivity contribution in [2.75, 3.05) is 19.7 Å². The van der Waals surface area contributed by atoms with E-state index in [1.165, 1.54) is 25.5 Å². The second-order valence-corrected chi connectivity index (χ2v) is 7.07. The standard InChI is InChI=1S/C19H32N6O3/c20-19(21)23-10-6-2-5-9-16(26)15-13-24-17(25-15)18(27)22-11-12-28-14-7-3-1-4-8-14/h13-14H,1-12H2,(H,22,27)(H,24,25)(H4,20,21,23). The van der Waals surface area contributed by atoms with Gasteiger partial charge in [-0.15, -0.1) is 0 Å². The van der Waals surface area contributed by atoms with E-state index in [0.717, 1.165) is 32.1 Å². The maximum atomic E-state index is 12.2. The number of amides is 1. The van der Waals surface area contributed by atoms with Crippen LogP contribution >= 0.6 is 0 Å². The quantitative estimate of drug-likeness (QED) is 0.183. The Morgan fingerprint density at radius 2 is 2.00 bits per heavy atom. The van der Waals surface area contributed by atoms with Crippen LogP contribution in [0.4, 0.5) is 0 Å². The van der Waals surface area contributed by atoms with Crippen LogP contribution in [0.15, 0.2) is 11.2 Å². The second-order valence-electron chi connectivity index (χ2n) is 7.07. The number of aromatic nitrogens is 2. The molecule has 9 nitrogen and oxygen atoms in total. The first-order chi connectivity index (χ1) is 13.6. The molecule has 1 aromatic heterocycles. The summed E-state index contributed by atoms with van der Waals surface area (Å²) in [5, 5.41) is 2.76. The Kier molecular flexibility index (Phi) is 9.47. The number of nitrogens with zero attached hydrogens (tertiary/aromatic N) is 2. The molecule has 2 rings (SSSR count). The number of hydrogen-bond donors (Lipinski definition) is 4. The molecule has 1 aliphatic rings. The normalized spacial score (nSPS) is 14.6. The highest BCUT2D eigenvalue weighted by Crippen LogP contribution is 2.19. The second kappa shape index (κ2) is 12.1. The summed E-state index contributed by atoms with van der Waals surface area (Å²) < 4.78 is 5.78. The lowest BCUT2D eigenvalue weighted by atomic mass is 9.98. The first-order valence-corrected chi connectivity index (χ1v) is 10.1. The number of hydrogen-bond acceptors (Lipinski definition) is 5. The van der Waals surface area contributed by atoms with Crippen LogP contribution in [0, 0.1) is 0 Å². The highest BCUT2D eigenvalue weighted by Gasteiger charge is 2.15. The Hall–Kier alpha value is -2.42. The van der Waals surface area contributed by atoms with E-state index in [2.05, 4.69) is 20.3 Å². The Labute approximate surface area is 165 Å². The van der Waals surface area contributed by atoms with Gasteiger partial charge in [-0.2, -0.15) is 0 Å². The molecule has 28 heavy (non-hydrogen) atoms. The number of ketones is 1. The van der Waals surface area contributed by atoms with Crippen molar-refractivity contribution in [3.63, 3.8) is 0 Å². The van der Waals surface area contributed by atoms with Crippen molar-refractivity contribution in [3.05, 3.63) is 17.7 Å². The van der Waals surface area contributed by atoms with Crippen molar-refractivity contribution in [1.29, 1.82) is 0 Å². The lowest BCUT2D eigenvalue weighted by Crippen LogP contribution is -2.30. The summed E-state index contributed by atoms with van der Waals surface area (Å²) in [5.41, 5.74) is 10.9. The van der Waals surface area contributed by atoms with Crippen molar-refractivity contribution in [3.8, 4) is 0 Å². The highest BCUT2D eigenvalue weighted by atomic mass is 16.5. The third kappa shape index (κ3) is 8.08. The molecule has 1 amide bonds. The maximum absolute atomic E-state index is 12.2. The molecule has 0 saturated heterocycles. The molecule has 0 spiro atoms. The number of carbonyl (C=O) groups is 2. The van der Waals surface area contributed by atoms with Gasteiger partial charge in [0.2, 0.25) is 0 Å². The number of H-pyrrole nitrogens is 1. The molecule has 1 aliphatic carbocycles. The van der Waals surface area contributed by atoms with Gasteiger partial charge in [0.05, 0.1) is 18.9 Å². The van der Waals surface area contributed by atoms with E-state index in [9.17, 15) is 9.59 Å². The summed E-state index contributed by atoms with van der Waals surface area (Å²) >= 11 is 0. The predicted octanol–water partition coefficient (Wildman–Crippen LogP) is 1.51. The number of aromatic amines is 1. The van der Waals surface area contributed by atoms with Crippen molar-refractivity contribution in [1.82, 2.24) is 15.3 Å². The molecule has 1 saturated carbocycles. The Morgan fingerprint density at radius 3 is 2.75 bits per heavy atom. The Balaban J connectivity index is 1.62. The zero-order valence-electron chi connectivity index (χ0n) is 16.4. The number of ether oxygens (including phenoxy) is 1. The third-order valence-electron chi connectivity index (χ3n) is 4.74. The van der Waals surface area contributed by atoms with Gasteiger partial charge in [0.15, 0.2) is 17.6 Å². The van der Waals surface area contributed by atoms with Crippen molar-refractivity contribution < 1.29 is 14.3 Å². The highest BCUT2D eigenvalue weighted by molar-refractivity contribution is 5.96. The number of rotatable bonds is 12. The number of imidazole rings is 1. The molecule has 1 aromatic rings. The molecule has 0 radical (unpaired) electrons. The zero-order chi connectivity index (χ0) is 20.2. The van der Waals surface area contributed by atoms with Gasteiger partial charge in [-0.3, -0.25) is 14.6 Å². The number of guanidine groups is 1. The maximum Gasteiger partial charge on any atom is 0.287 e. The van der Waals surface area contributed by atoms with Crippen LogP contribution in [0.1, 0.15) is 78.9 Å². The fraction of sp³-hybridized carbons (Fsp3) is 0.684. The molecule has 156 valence electrons. The van der Waals surface area contributed by atoms with Crippen LogP contribution in [0.5, 0.6) is 0 Å². The van der Waals surface area contributed by atoms with Crippen LogP contribution in [0.2, 0.25) is 0 Å². The summed E-state index contributed by atoms with van der Waals surface area (Å²) in [6, 6.07) is 0. The number of nitrogens with one attached hydrogen (secondary N) is 2. The van der Waals surface area contributed by atoms with Crippen LogP contribution < -0.4 is 16.8 Å². The molecule has 6 N–H and O–H groups in total. The summed E-state index contributed by atoms with van der Waals surface area (Å²) in [4.78, 5) is 35.0. The molecule has 0 aliphatic heterocycles. The van der Waals surface area contributed by atoms with E-state index in [1.54, 1.807) is 0 Å². The summed E-state index contributed by atoms with van der Waals surface area (Å²) in [6.45, 7) is 1.48. The van der Waals surface area contributed by atoms with E-state index in [-0.39, 0.29) is 23.5 Å². The topological polar surface area (TPSA) is 148 Å². The first-order valence-electron chi connectivity index (χ1n) is 10.1. The van der Waals surface area contributed by atoms with Crippen LogP contribution in [0.25, 0.3) is 0 Å². The molecule has 0 unspecified atom stereocenters. The lowest BCUT2D eigenvalue weighted by Gasteiger charge is -2.21. The number of unbranched alkanes of at least 4 members (excludes halogenated alkanes) is 2. The zero-order valence-corrected chi connectivity index (χ0v) is 16.4. The summed E-state index contributed by atoms with van der Waals surface area (Å²) in [5.74, 6) is -0.161. The van der Waals surface area contributed by atoms with Gasteiger partial charge in [0.25, 0.3) is 5.91 Å². The first kappa shape index (κ1) is 21.9. The molecule has 0 bridgehead atoms. The fourth-order valence-electron chi connectivity index (χ4n) is 3.20. The lowest BCUT2D eigenvalue weighted by molar-refractivity contribution is 0.0299. The van der Waals surface area contributed by atoms with Gasteiger partial charge in [-0.25, -0.2) is 4.98 Å². The molecule has 1 fully saturated rings. The molecule has 0 atom stereocenters. The minimum absolute atomic E-state index is 0.0611. The van der Waals surface area contributed by atoms with Gasteiger partial charge in [-0.05, 0) is 25.7 Å². The number of Topliss-reactive ketones (excluding diaryl/α,β-unsaturated/α-hetero) is 1. The van der Waals surface area contributed by atoms with Gasteiger partial charge in [-0.1, -0.05) is 25.7 Å². The van der Waals surface area contributed by atoms with Gasteiger partial charge < -0.3 is 26.5 Å². The fourth-order valence-corrected chi connectivity index (χ4v) is 3.20. The molecule has 1 heterocycles. The minimum Gasteiger partial charge on any atom is -0.376 e. The molecular weight excluding hydrogens is 360 g/mol. The van der Waals surface area contributed by atoms with Crippen LogP contribution in [-0.2, 0) is 4.74 Å². The van der Waals surface area contributed by atoms with Gasteiger partial charge >= 0.3 is 0 Å². The van der Waals surface area contributed by atoms with Crippen molar-refractivity contribution in [2.24, 2.45) is 16.5 Å². The monoisotopic (exact) mass is 392 g/mol. The van der Waals surface area contributed by atoms with Crippen LogP contribution in [-0.4, -0.2) is 53.4 Å². The van der Waals surface area contributed by atoms with E-state index < -0.39 is 0 Å². The largest absolute Gasteiger partial charge is 0.376 e. The third-order valence-corrected chi connectivity index (χ3v) is 4.74. The van der Waals surface area contributed by atoms with E-state index >= 15 is 0 Å². The minimum atomic E-state index is -0.330. The van der Waals surface area contributed by atoms with Crippen molar-refractivity contribution in [2.45, 2.75) is 63.9 Å². The molecule has 0 aromatic carbocycles.